The summed E-state index contributed by atoms with van der Waals surface area (Å²) in [5, 5.41) is 0. The van der Waals surface area contributed by atoms with Crippen molar-refractivity contribution in [1.29, 1.82) is 0 Å². The molecule has 0 saturated heterocycles. The van der Waals surface area contributed by atoms with E-state index < -0.39 is 0 Å². The van der Waals surface area contributed by atoms with Crippen LogP contribution in [-0.2, 0) is 11.2 Å². The molecule has 2 heteroatoms. The lowest BCUT2D eigenvalue weighted by molar-refractivity contribution is 0.202. The monoisotopic (exact) mass is 245 g/mol. The fourth-order valence-corrected chi connectivity index (χ4v) is 3.76. The molecule has 3 atom stereocenters. The maximum atomic E-state index is 6.42. The zero-order chi connectivity index (χ0) is 12.5. The lowest BCUT2D eigenvalue weighted by atomic mass is 9.96. The van der Waals surface area contributed by atoms with E-state index in [2.05, 4.69) is 24.3 Å². The van der Waals surface area contributed by atoms with Gasteiger partial charge in [-0.1, -0.05) is 30.7 Å². The maximum Gasteiger partial charge on any atom is 0.0502 e. The largest absolute Gasteiger partial charge is 0.384 e. The van der Waals surface area contributed by atoms with E-state index in [-0.39, 0.29) is 6.04 Å². The van der Waals surface area contributed by atoms with E-state index in [9.17, 15) is 0 Å². The zero-order valence-electron chi connectivity index (χ0n) is 11.1. The minimum Gasteiger partial charge on any atom is -0.384 e. The van der Waals surface area contributed by atoms with E-state index in [0.717, 1.165) is 30.8 Å². The van der Waals surface area contributed by atoms with Gasteiger partial charge in [0.05, 0.1) is 6.61 Å². The van der Waals surface area contributed by atoms with Crippen LogP contribution < -0.4 is 5.73 Å². The quantitative estimate of drug-likeness (QED) is 0.865. The Bertz CT molecular complexity index is 390. The molecular formula is C16H23NO. The molecule has 2 N–H and O–H groups in total. The average molecular weight is 245 g/mol. The van der Waals surface area contributed by atoms with Crippen molar-refractivity contribution in [1.82, 2.24) is 0 Å². The number of methoxy groups -OCH3 is 1. The molecule has 0 bridgehead atoms. The second-order valence-corrected chi connectivity index (χ2v) is 5.85. The molecule has 18 heavy (non-hydrogen) atoms. The first-order valence-electron chi connectivity index (χ1n) is 7.14. The van der Waals surface area contributed by atoms with Crippen molar-refractivity contribution in [3.63, 3.8) is 0 Å². The Morgan fingerprint density at radius 3 is 2.50 bits per heavy atom. The van der Waals surface area contributed by atoms with Crippen molar-refractivity contribution in [2.75, 3.05) is 13.7 Å². The molecule has 0 spiro atoms. The van der Waals surface area contributed by atoms with E-state index in [1.54, 1.807) is 7.11 Å². The van der Waals surface area contributed by atoms with Gasteiger partial charge in [0.25, 0.3) is 0 Å². The predicted octanol–water partition coefficient (Wildman–Crippen LogP) is 2.92. The smallest absolute Gasteiger partial charge is 0.0502 e. The molecule has 2 saturated carbocycles. The second kappa shape index (κ2) is 5.02. The highest BCUT2D eigenvalue weighted by molar-refractivity contribution is 5.27. The van der Waals surface area contributed by atoms with E-state index in [0.29, 0.717) is 0 Å². The average Bonchev–Trinajstić information content (AvgIpc) is 2.88. The Morgan fingerprint density at radius 2 is 1.89 bits per heavy atom. The summed E-state index contributed by atoms with van der Waals surface area (Å²) >= 11 is 0. The number of hydrogen-bond acceptors (Lipinski definition) is 2. The Morgan fingerprint density at radius 1 is 1.22 bits per heavy atom. The summed E-state index contributed by atoms with van der Waals surface area (Å²) in [6.45, 7) is 0.790. The molecule has 2 aliphatic rings. The summed E-state index contributed by atoms with van der Waals surface area (Å²) < 4.78 is 5.10. The number of hydrogen-bond donors (Lipinski definition) is 1. The molecule has 1 aromatic rings. The number of rotatable bonds is 5. The van der Waals surface area contributed by atoms with E-state index in [4.69, 9.17) is 10.5 Å². The molecular weight excluding hydrogens is 222 g/mol. The molecule has 0 amide bonds. The summed E-state index contributed by atoms with van der Waals surface area (Å²) in [5.74, 6) is 2.64. The van der Waals surface area contributed by atoms with Gasteiger partial charge in [0.1, 0.15) is 0 Å². The SMILES string of the molecule is COCCc1ccc(C(N)C2C3CCCC32)cc1. The summed E-state index contributed by atoms with van der Waals surface area (Å²) in [4.78, 5) is 0. The van der Waals surface area contributed by atoms with E-state index >= 15 is 0 Å². The van der Waals surface area contributed by atoms with Gasteiger partial charge >= 0.3 is 0 Å². The Hall–Kier alpha value is -0.860. The third-order valence-electron chi connectivity index (χ3n) is 4.85. The van der Waals surface area contributed by atoms with Crippen LogP contribution in [0.1, 0.15) is 36.4 Å². The zero-order valence-corrected chi connectivity index (χ0v) is 11.1. The van der Waals surface area contributed by atoms with Crippen molar-refractivity contribution in [2.24, 2.45) is 23.5 Å². The Kier molecular flexibility index (Phi) is 3.40. The minimum atomic E-state index is 0.261. The molecule has 1 aromatic carbocycles. The van der Waals surface area contributed by atoms with Crippen LogP contribution in [-0.4, -0.2) is 13.7 Å². The maximum absolute atomic E-state index is 6.42. The molecule has 3 rings (SSSR count). The third-order valence-corrected chi connectivity index (χ3v) is 4.85. The lowest BCUT2D eigenvalue weighted by Gasteiger charge is -2.14. The highest BCUT2D eigenvalue weighted by atomic mass is 16.5. The van der Waals surface area contributed by atoms with Crippen LogP contribution in [0.3, 0.4) is 0 Å². The van der Waals surface area contributed by atoms with Crippen LogP contribution in [0.4, 0.5) is 0 Å². The molecule has 0 aliphatic heterocycles. The van der Waals surface area contributed by atoms with Crippen LogP contribution in [0.25, 0.3) is 0 Å². The predicted molar refractivity (Wildman–Crippen MR) is 73.3 cm³/mol. The van der Waals surface area contributed by atoms with Crippen molar-refractivity contribution in [3.05, 3.63) is 35.4 Å². The third kappa shape index (κ3) is 2.19. The molecule has 2 fully saturated rings. The number of ether oxygens (including phenoxy) is 1. The molecule has 98 valence electrons. The van der Waals surface area contributed by atoms with Gasteiger partial charge in [-0.05, 0) is 48.1 Å². The minimum absolute atomic E-state index is 0.261. The van der Waals surface area contributed by atoms with Gasteiger partial charge in [-0.15, -0.1) is 0 Å². The highest BCUT2D eigenvalue weighted by Gasteiger charge is 2.55. The number of nitrogens with two attached hydrogens (primary N) is 1. The van der Waals surface area contributed by atoms with E-state index in [1.165, 1.54) is 30.4 Å². The van der Waals surface area contributed by atoms with Crippen LogP contribution >= 0.6 is 0 Å². The van der Waals surface area contributed by atoms with Gasteiger partial charge in [0.2, 0.25) is 0 Å². The summed E-state index contributed by atoms with van der Waals surface area (Å²) in [6, 6.07) is 9.09. The molecule has 0 aromatic heterocycles. The fourth-order valence-electron chi connectivity index (χ4n) is 3.76. The van der Waals surface area contributed by atoms with Gasteiger partial charge < -0.3 is 10.5 Å². The second-order valence-electron chi connectivity index (χ2n) is 5.85. The van der Waals surface area contributed by atoms with Crippen molar-refractivity contribution < 1.29 is 4.74 Å². The van der Waals surface area contributed by atoms with Gasteiger partial charge in [0.15, 0.2) is 0 Å². The summed E-state index contributed by atoms with van der Waals surface area (Å²) in [5.41, 5.74) is 9.07. The van der Waals surface area contributed by atoms with Crippen molar-refractivity contribution in [2.45, 2.75) is 31.7 Å². The first-order valence-corrected chi connectivity index (χ1v) is 7.14. The molecule has 3 unspecified atom stereocenters. The van der Waals surface area contributed by atoms with Gasteiger partial charge in [0, 0.05) is 13.2 Å². The van der Waals surface area contributed by atoms with Crippen LogP contribution in [0.5, 0.6) is 0 Å². The van der Waals surface area contributed by atoms with Crippen LogP contribution in [0.2, 0.25) is 0 Å². The Balaban J connectivity index is 1.62. The molecule has 0 radical (unpaired) electrons. The number of fused-ring (bicyclic) bond motifs is 1. The normalized spacial score (nSPS) is 31.1. The molecule has 2 nitrogen and oxygen atoms in total. The van der Waals surface area contributed by atoms with Crippen molar-refractivity contribution in [3.8, 4) is 0 Å². The summed E-state index contributed by atoms with van der Waals surface area (Å²) in [6.07, 6.45) is 5.24. The Labute approximate surface area is 110 Å². The lowest BCUT2D eigenvalue weighted by Crippen LogP contribution is -2.15. The molecule has 2 aliphatic carbocycles. The molecule has 0 heterocycles. The van der Waals surface area contributed by atoms with E-state index in [1.807, 2.05) is 0 Å². The fraction of sp³-hybridized carbons (Fsp3) is 0.625. The first-order chi connectivity index (χ1) is 8.81. The highest BCUT2D eigenvalue weighted by Crippen LogP contribution is 2.61. The summed E-state index contributed by atoms with van der Waals surface area (Å²) in [7, 11) is 1.75. The first kappa shape index (κ1) is 12.2. The van der Waals surface area contributed by atoms with Gasteiger partial charge in [-0.25, -0.2) is 0 Å². The van der Waals surface area contributed by atoms with Crippen LogP contribution in [0, 0.1) is 17.8 Å². The van der Waals surface area contributed by atoms with Gasteiger partial charge in [-0.2, -0.15) is 0 Å². The van der Waals surface area contributed by atoms with Crippen molar-refractivity contribution >= 4 is 0 Å². The van der Waals surface area contributed by atoms with Gasteiger partial charge in [-0.3, -0.25) is 0 Å². The topological polar surface area (TPSA) is 35.2 Å². The van der Waals surface area contributed by atoms with Crippen LogP contribution in [0.15, 0.2) is 24.3 Å². The standard InChI is InChI=1S/C16H23NO/c1-18-10-9-11-5-7-12(8-6-11)16(17)15-13-3-2-4-14(13)15/h5-8,13-16H,2-4,9-10,17H2,1H3. The number of benzene rings is 1.